The lowest BCUT2D eigenvalue weighted by Gasteiger charge is -2.24. The number of fused-ring (bicyclic) bond motifs is 1. The Morgan fingerprint density at radius 3 is 2.52 bits per heavy atom. The second-order valence-corrected chi connectivity index (χ2v) is 5.64. The van der Waals surface area contributed by atoms with Crippen LogP contribution in [0.1, 0.15) is 22.8 Å². The van der Waals surface area contributed by atoms with E-state index >= 15 is 0 Å². The van der Waals surface area contributed by atoms with Gasteiger partial charge in [-0.15, -0.1) is 0 Å². The summed E-state index contributed by atoms with van der Waals surface area (Å²) in [5.74, 6) is -0.745. The van der Waals surface area contributed by atoms with Gasteiger partial charge in [0, 0.05) is 34.6 Å². The van der Waals surface area contributed by atoms with E-state index < -0.39 is 16.9 Å². The Balaban J connectivity index is 1.80. The molecule has 3 rings (SSSR count). The molecule has 0 aromatic heterocycles. The molecule has 0 aliphatic carbocycles. The van der Waals surface area contributed by atoms with E-state index in [9.17, 15) is 19.7 Å². The average molecular weight is 337 g/mol. The summed E-state index contributed by atoms with van der Waals surface area (Å²) in [6.07, 6.45) is 0. The number of non-ortho nitro benzene ring substituents is 1. The molecule has 0 bridgehead atoms. The third-order valence-electron chi connectivity index (χ3n) is 4.07. The molecule has 25 heavy (non-hydrogen) atoms. The highest BCUT2D eigenvalue weighted by Crippen LogP contribution is 2.33. The topological polar surface area (TPSA) is 92.6 Å². The number of amides is 2. The van der Waals surface area contributed by atoms with E-state index in [0.717, 1.165) is 0 Å². The summed E-state index contributed by atoms with van der Waals surface area (Å²) in [6.45, 7) is 5.50. The molecule has 7 nitrogen and oxygen atoms in total. The minimum absolute atomic E-state index is 0.125. The zero-order valence-corrected chi connectivity index (χ0v) is 13.4. The normalized spacial score (nSPS) is 14.2. The average Bonchev–Trinajstić information content (AvgIpc) is 2.86. The molecule has 1 aliphatic heterocycles. The lowest BCUT2D eigenvalue weighted by atomic mass is 10.1. The van der Waals surface area contributed by atoms with Crippen LogP contribution in [0.25, 0.3) is 5.70 Å². The summed E-state index contributed by atoms with van der Waals surface area (Å²) in [5, 5.41) is 13.4. The number of benzene rings is 2. The molecule has 0 spiro atoms. The molecule has 7 heteroatoms. The van der Waals surface area contributed by atoms with Crippen molar-refractivity contribution in [2.75, 3.05) is 5.32 Å². The minimum atomic E-state index is -0.813. The highest BCUT2D eigenvalue weighted by Gasteiger charge is 2.36. The molecular weight excluding hydrogens is 322 g/mol. The number of nitro benzene ring substituents is 1. The maximum absolute atomic E-state index is 12.5. The largest absolute Gasteiger partial charge is 0.324 e. The molecule has 0 radical (unpaired) electrons. The van der Waals surface area contributed by atoms with Crippen LogP contribution in [-0.4, -0.2) is 27.7 Å². The van der Waals surface area contributed by atoms with Crippen LogP contribution < -0.4 is 5.32 Å². The second kappa shape index (κ2) is 6.20. The van der Waals surface area contributed by atoms with Crippen LogP contribution in [0.2, 0.25) is 0 Å². The van der Waals surface area contributed by atoms with E-state index in [1.807, 2.05) is 0 Å². The number of anilines is 1. The lowest BCUT2D eigenvalue weighted by molar-refractivity contribution is -0.384. The molecule has 1 heterocycles. The highest BCUT2D eigenvalue weighted by atomic mass is 16.6. The number of carbonyl (C=O) groups is 2. The molecule has 0 fully saturated rings. The predicted octanol–water partition coefficient (Wildman–Crippen LogP) is 3.05. The van der Waals surface area contributed by atoms with Crippen molar-refractivity contribution >= 4 is 28.9 Å². The molecule has 2 amide bonds. The Labute approximate surface area is 143 Å². The number of nitrogens with one attached hydrogen (secondary N) is 1. The SMILES string of the molecule is C=C1c2ccccc2C(=O)N1C(C)C(=O)Nc1cccc([N+](=O)[O-])c1. The van der Waals surface area contributed by atoms with Crippen LogP contribution in [-0.2, 0) is 4.79 Å². The van der Waals surface area contributed by atoms with Gasteiger partial charge in [-0.1, -0.05) is 30.8 Å². The van der Waals surface area contributed by atoms with Gasteiger partial charge in [0.2, 0.25) is 5.91 Å². The van der Waals surface area contributed by atoms with Gasteiger partial charge in [-0.3, -0.25) is 24.6 Å². The fraction of sp³-hybridized carbons (Fsp3) is 0.111. The van der Waals surface area contributed by atoms with Crippen LogP contribution in [0.3, 0.4) is 0 Å². The fourth-order valence-corrected chi connectivity index (χ4v) is 2.77. The third kappa shape index (κ3) is 2.87. The summed E-state index contributed by atoms with van der Waals surface area (Å²) >= 11 is 0. The first-order valence-electron chi connectivity index (χ1n) is 7.57. The van der Waals surface area contributed by atoms with Gasteiger partial charge in [-0.25, -0.2) is 0 Å². The molecule has 0 saturated heterocycles. The van der Waals surface area contributed by atoms with Crippen LogP contribution >= 0.6 is 0 Å². The molecule has 1 atom stereocenters. The van der Waals surface area contributed by atoms with Crippen molar-refractivity contribution < 1.29 is 14.5 Å². The number of hydrogen-bond donors (Lipinski definition) is 1. The number of rotatable bonds is 4. The van der Waals surface area contributed by atoms with E-state index in [4.69, 9.17) is 0 Å². The van der Waals surface area contributed by atoms with Crippen molar-refractivity contribution in [1.82, 2.24) is 4.90 Å². The molecule has 1 aliphatic rings. The molecule has 1 N–H and O–H groups in total. The third-order valence-corrected chi connectivity index (χ3v) is 4.07. The van der Waals surface area contributed by atoms with E-state index in [2.05, 4.69) is 11.9 Å². The minimum Gasteiger partial charge on any atom is -0.324 e. The van der Waals surface area contributed by atoms with Gasteiger partial charge in [-0.05, 0) is 19.1 Å². The zero-order valence-electron chi connectivity index (χ0n) is 13.4. The molecule has 0 saturated carbocycles. The van der Waals surface area contributed by atoms with Crippen LogP contribution in [0.15, 0.2) is 55.1 Å². The summed E-state index contributed by atoms with van der Waals surface area (Å²) in [5.41, 5.74) is 1.83. The monoisotopic (exact) mass is 337 g/mol. The first kappa shape index (κ1) is 16.4. The molecule has 126 valence electrons. The van der Waals surface area contributed by atoms with Crippen molar-refractivity contribution in [2.24, 2.45) is 0 Å². The Bertz CT molecular complexity index is 872. The molecule has 1 unspecified atom stereocenters. The van der Waals surface area contributed by atoms with Gasteiger partial charge in [0.1, 0.15) is 6.04 Å². The maximum atomic E-state index is 12.5. The van der Waals surface area contributed by atoms with Crippen LogP contribution in [0.4, 0.5) is 11.4 Å². The second-order valence-electron chi connectivity index (χ2n) is 5.64. The molecule has 2 aromatic rings. The fourth-order valence-electron chi connectivity index (χ4n) is 2.77. The first-order valence-corrected chi connectivity index (χ1v) is 7.57. The Morgan fingerprint density at radius 1 is 1.20 bits per heavy atom. The maximum Gasteiger partial charge on any atom is 0.271 e. The lowest BCUT2D eigenvalue weighted by Crippen LogP contribution is -2.41. The van der Waals surface area contributed by atoms with E-state index in [-0.39, 0.29) is 11.6 Å². The van der Waals surface area contributed by atoms with Gasteiger partial charge < -0.3 is 5.32 Å². The zero-order chi connectivity index (χ0) is 18.1. The smallest absolute Gasteiger partial charge is 0.271 e. The van der Waals surface area contributed by atoms with Crippen molar-refractivity contribution in [3.05, 3.63) is 76.4 Å². The Morgan fingerprint density at radius 2 is 1.88 bits per heavy atom. The van der Waals surface area contributed by atoms with Gasteiger partial charge in [0.15, 0.2) is 0 Å². The standard InChI is InChI=1S/C18H15N3O4/c1-11-15-8-3-4-9-16(15)18(23)20(11)12(2)17(22)19-13-6-5-7-14(10-13)21(24)25/h3-10,12H,1H2,2H3,(H,19,22). The van der Waals surface area contributed by atoms with E-state index in [1.165, 1.54) is 23.1 Å². The van der Waals surface area contributed by atoms with Crippen molar-refractivity contribution in [2.45, 2.75) is 13.0 Å². The van der Waals surface area contributed by atoms with Gasteiger partial charge in [0.25, 0.3) is 11.6 Å². The number of nitrogens with zero attached hydrogens (tertiary/aromatic N) is 2. The van der Waals surface area contributed by atoms with Crippen LogP contribution in [0.5, 0.6) is 0 Å². The van der Waals surface area contributed by atoms with Crippen molar-refractivity contribution in [3.8, 4) is 0 Å². The Hall–Kier alpha value is -3.48. The van der Waals surface area contributed by atoms with E-state index in [0.29, 0.717) is 22.5 Å². The number of nitro groups is 1. The van der Waals surface area contributed by atoms with Crippen molar-refractivity contribution in [1.29, 1.82) is 0 Å². The quantitative estimate of drug-likeness (QED) is 0.685. The van der Waals surface area contributed by atoms with Crippen molar-refractivity contribution in [3.63, 3.8) is 0 Å². The predicted molar refractivity (Wildman–Crippen MR) is 92.8 cm³/mol. The van der Waals surface area contributed by atoms with Crippen LogP contribution in [0, 0.1) is 10.1 Å². The number of hydrogen-bond acceptors (Lipinski definition) is 4. The molecule has 2 aromatic carbocycles. The van der Waals surface area contributed by atoms with E-state index in [1.54, 1.807) is 37.3 Å². The molecular formula is C18H15N3O4. The summed E-state index contributed by atoms with van der Waals surface area (Å²) in [7, 11) is 0. The highest BCUT2D eigenvalue weighted by molar-refractivity contribution is 6.11. The van der Waals surface area contributed by atoms with Gasteiger partial charge >= 0.3 is 0 Å². The summed E-state index contributed by atoms with van der Waals surface area (Å²) in [6, 6.07) is 11.8. The summed E-state index contributed by atoms with van der Waals surface area (Å²) < 4.78 is 0. The first-order chi connectivity index (χ1) is 11.9. The van der Waals surface area contributed by atoms with Gasteiger partial charge in [0.05, 0.1) is 4.92 Å². The van der Waals surface area contributed by atoms with Gasteiger partial charge in [-0.2, -0.15) is 0 Å². The Kier molecular flexibility index (Phi) is 4.06. The summed E-state index contributed by atoms with van der Waals surface area (Å²) in [4.78, 5) is 36.7. The number of carbonyl (C=O) groups excluding carboxylic acids is 2.